The van der Waals surface area contributed by atoms with Gasteiger partial charge in [0.15, 0.2) is 0 Å². The van der Waals surface area contributed by atoms with E-state index in [2.05, 4.69) is 27.0 Å². The summed E-state index contributed by atoms with van der Waals surface area (Å²) in [6.45, 7) is 1.16. The number of hydrogen-bond donors (Lipinski definition) is 0. The highest BCUT2D eigenvalue weighted by Crippen LogP contribution is 2.30. The quantitative estimate of drug-likeness (QED) is 0.798. The highest BCUT2D eigenvalue weighted by Gasteiger charge is 2.34. The average molecular weight is 325 g/mol. The molecule has 0 bridgehead atoms. The summed E-state index contributed by atoms with van der Waals surface area (Å²) in [4.78, 5) is 15.8. The van der Waals surface area contributed by atoms with Crippen LogP contribution in [0.5, 0.6) is 0 Å². The lowest BCUT2D eigenvalue weighted by atomic mass is 9.83. The lowest BCUT2D eigenvalue weighted by Crippen LogP contribution is -2.33. The Balaban J connectivity index is 1.98. The van der Waals surface area contributed by atoms with Gasteiger partial charge < -0.3 is 9.47 Å². The number of nitriles is 1. The minimum absolute atomic E-state index is 0.0954. The largest absolute Gasteiger partial charge is 0.460 e. The highest BCUT2D eigenvalue weighted by atomic mass is 79.9. The van der Waals surface area contributed by atoms with Crippen molar-refractivity contribution in [1.82, 2.24) is 4.98 Å². The van der Waals surface area contributed by atoms with Crippen LogP contribution in [0.3, 0.4) is 0 Å². The van der Waals surface area contributed by atoms with E-state index in [0.29, 0.717) is 36.1 Å². The summed E-state index contributed by atoms with van der Waals surface area (Å²) in [6, 6.07) is 3.89. The van der Waals surface area contributed by atoms with Crippen LogP contribution in [-0.4, -0.2) is 30.8 Å². The Bertz CT molecular complexity index is 507. The fourth-order valence-electron chi connectivity index (χ4n) is 1.86. The number of rotatable bonds is 3. The number of aromatic nitrogens is 1. The minimum atomic E-state index is -0.618. The van der Waals surface area contributed by atoms with Crippen molar-refractivity contribution in [2.75, 3.05) is 19.8 Å². The van der Waals surface area contributed by atoms with Gasteiger partial charge in [0.05, 0.1) is 17.0 Å². The number of ether oxygens (including phenoxy) is 2. The van der Waals surface area contributed by atoms with Crippen molar-refractivity contribution in [2.45, 2.75) is 12.8 Å². The first kappa shape index (κ1) is 14.0. The van der Waals surface area contributed by atoms with Crippen LogP contribution in [0.25, 0.3) is 0 Å². The van der Waals surface area contributed by atoms with Gasteiger partial charge in [0.1, 0.15) is 6.61 Å². The van der Waals surface area contributed by atoms with Crippen molar-refractivity contribution in [3.63, 3.8) is 0 Å². The van der Waals surface area contributed by atoms with Gasteiger partial charge in [-0.25, -0.2) is 4.79 Å². The molecule has 100 valence electrons. The molecule has 0 amide bonds. The van der Waals surface area contributed by atoms with Gasteiger partial charge in [-0.3, -0.25) is 4.98 Å². The maximum absolute atomic E-state index is 11.9. The zero-order valence-corrected chi connectivity index (χ0v) is 11.9. The Morgan fingerprint density at radius 2 is 2.26 bits per heavy atom. The molecule has 0 radical (unpaired) electrons. The zero-order chi connectivity index (χ0) is 13.7. The molecule has 1 saturated heterocycles. The number of esters is 1. The van der Waals surface area contributed by atoms with Gasteiger partial charge >= 0.3 is 5.97 Å². The molecule has 1 aromatic heterocycles. The Morgan fingerprint density at radius 1 is 1.53 bits per heavy atom. The minimum Gasteiger partial charge on any atom is -0.460 e. The molecule has 1 aliphatic heterocycles. The SMILES string of the molecule is N#CC1(COC(=O)c2cncc(Br)c2)CCOCC1. The molecule has 0 aliphatic carbocycles. The number of hydrogen-bond acceptors (Lipinski definition) is 5. The standard InChI is InChI=1S/C13H13BrN2O3/c14-11-5-10(6-16-7-11)12(17)19-9-13(8-15)1-3-18-4-2-13/h5-7H,1-4,9H2. The zero-order valence-electron chi connectivity index (χ0n) is 10.3. The Hall–Kier alpha value is -1.45. The average Bonchev–Trinajstić information content (AvgIpc) is 2.46. The van der Waals surface area contributed by atoms with Gasteiger partial charge in [0, 0.05) is 30.1 Å². The number of halogens is 1. The van der Waals surface area contributed by atoms with Gasteiger partial charge in [-0.15, -0.1) is 0 Å². The second-order valence-electron chi connectivity index (χ2n) is 4.47. The molecule has 0 atom stereocenters. The molecule has 2 rings (SSSR count). The summed E-state index contributed by atoms with van der Waals surface area (Å²) in [5.74, 6) is -0.463. The second-order valence-corrected chi connectivity index (χ2v) is 5.39. The first-order chi connectivity index (χ1) is 9.15. The van der Waals surface area contributed by atoms with Crippen LogP contribution >= 0.6 is 15.9 Å². The van der Waals surface area contributed by atoms with E-state index in [4.69, 9.17) is 9.47 Å². The van der Waals surface area contributed by atoms with Crippen LogP contribution in [-0.2, 0) is 9.47 Å². The van der Waals surface area contributed by atoms with Gasteiger partial charge in [-0.2, -0.15) is 5.26 Å². The lowest BCUT2D eigenvalue weighted by molar-refractivity contribution is -0.00469. The Morgan fingerprint density at radius 3 is 2.89 bits per heavy atom. The summed E-state index contributed by atoms with van der Waals surface area (Å²) in [7, 11) is 0. The summed E-state index contributed by atoms with van der Waals surface area (Å²) < 4.78 is 11.2. The molecule has 1 aromatic rings. The van der Waals surface area contributed by atoms with Crippen LogP contribution < -0.4 is 0 Å². The first-order valence-corrected chi connectivity index (χ1v) is 6.71. The number of carbonyl (C=O) groups excluding carboxylic acids is 1. The van der Waals surface area contributed by atoms with E-state index >= 15 is 0 Å². The monoisotopic (exact) mass is 324 g/mol. The molecule has 1 aliphatic rings. The smallest absolute Gasteiger partial charge is 0.339 e. The van der Waals surface area contributed by atoms with E-state index in [-0.39, 0.29) is 6.61 Å². The van der Waals surface area contributed by atoms with Gasteiger partial charge in [-0.05, 0) is 34.8 Å². The normalized spacial score (nSPS) is 17.5. The fraction of sp³-hybridized carbons (Fsp3) is 0.462. The molecule has 19 heavy (non-hydrogen) atoms. The van der Waals surface area contributed by atoms with Crippen LogP contribution in [0.2, 0.25) is 0 Å². The van der Waals surface area contributed by atoms with Crippen LogP contribution in [0, 0.1) is 16.7 Å². The molecule has 6 heteroatoms. The topological polar surface area (TPSA) is 72.2 Å². The van der Waals surface area contributed by atoms with Crippen molar-refractivity contribution >= 4 is 21.9 Å². The highest BCUT2D eigenvalue weighted by molar-refractivity contribution is 9.10. The molecule has 0 N–H and O–H groups in total. The number of pyridine rings is 1. The maximum Gasteiger partial charge on any atom is 0.339 e. The molecule has 1 fully saturated rings. The maximum atomic E-state index is 11.9. The summed E-state index contributed by atoms with van der Waals surface area (Å²) in [5, 5.41) is 9.25. The third-order valence-corrected chi connectivity index (χ3v) is 3.54. The molecular weight excluding hydrogens is 312 g/mol. The predicted molar refractivity (Wildman–Crippen MR) is 70.3 cm³/mol. The Labute approximate surface area is 119 Å². The fourth-order valence-corrected chi connectivity index (χ4v) is 2.23. The number of carbonyl (C=O) groups is 1. The predicted octanol–water partition coefficient (Wildman–Crippen LogP) is 2.32. The van der Waals surface area contributed by atoms with Crippen molar-refractivity contribution in [2.24, 2.45) is 5.41 Å². The van der Waals surface area contributed by atoms with E-state index in [1.165, 1.54) is 6.20 Å². The van der Waals surface area contributed by atoms with Crippen LogP contribution in [0.4, 0.5) is 0 Å². The molecular formula is C13H13BrN2O3. The van der Waals surface area contributed by atoms with E-state index in [0.717, 1.165) is 0 Å². The van der Waals surface area contributed by atoms with E-state index in [1.807, 2.05) is 0 Å². The molecule has 5 nitrogen and oxygen atoms in total. The molecule has 2 heterocycles. The molecule has 0 aromatic carbocycles. The molecule has 0 unspecified atom stereocenters. The van der Waals surface area contributed by atoms with Crippen molar-refractivity contribution in [3.05, 3.63) is 28.5 Å². The van der Waals surface area contributed by atoms with Crippen molar-refractivity contribution < 1.29 is 14.3 Å². The van der Waals surface area contributed by atoms with Gasteiger partial charge in [0.2, 0.25) is 0 Å². The Kier molecular flexibility index (Phi) is 4.51. The van der Waals surface area contributed by atoms with Crippen LogP contribution in [0.15, 0.2) is 22.9 Å². The third kappa shape index (κ3) is 3.52. The van der Waals surface area contributed by atoms with Crippen molar-refractivity contribution in [1.29, 1.82) is 5.26 Å². The third-order valence-electron chi connectivity index (χ3n) is 3.11. The molecule has 0 spiro atoms. The summed E-state index contributed by atoms with van der Waals surface area (Å²) in [6.07, 6.45) is 4.21. The van der Waals surface area contributed by atoms with Gasteiger partial charge in [-0.1, -0.05) is 0 Å². The van der Waals surface area contributed by atoms with E-state index < -0.39 is 11.4 Å². The summed E-state index contributed by atoms with van der Waals surface area (Å²) in [5.41, 5.74) is -0.248. The van der Waals surface area contributed by atoms with E-state index in [9.17, 15) is 10.1 Å². The molecule has 0 saturated carbocycles. The van der Waals surface area contributed by atoms with Gasteiger partial charge in [0.25, 0.3) is 0 Å². The number of nitrogens with zero attached hydrogens (tertiary/aromatic N) is 2. The van der Waals surface area contributed by atoms with Crippen molar-refractivity contribution in [3.8, 4) is 6.07 Å². The van der Waals surface area contributed by atoms with E-state index in [1.54, 1.807) is 12.3 Å². The second kappa shape index (κ2) is 6.13. The lowest BCUT2D eigenvalue weighted by Gasteiger charge is -2.29. The van der Waals surface area contributed by atoms with Crippen LogP contribution in [0.1, 0.15) is 23.2 Å². The first-order valence-electron chi connectivity index (χ1n) is 5.92. The summed E-state index contributed by atoms with van der Waals surface area (Å²) >= 11 is 3.24.